The summed E-state index contributed by atoms with van der Waals surface area (Å²) >= 11 is 0. The zero-order chi connectivity index (χ0) is 18.3. The minimum atomic E-state index is -3.62. The van der Waals surface area contributed by atoms with Gasteiger partial charge in [0.25, 0.3) is 0 Å². The minimum absolute atomic E-state index is 0.0676. The summed E-state index contributed by atoms with van der Waals surface area (Å²) in [4.78, 5) is 12.2. The molecule has 0 aliphatic carbocycles. The molecule has 0 aromatic heterocycles. The summed E-state index contributed by atoms with van der Waals surface area (Å²) in [5.74, 6) is -0.453. The first-order valence-corrected chi connectivity index (χ1v) is 9.13. The molecule has 0 heterocycles. The lowest BCUT2D eigenvalue weighted by Crippen LogP contribution is -2.39. The van der Waals surface area contributed by atoms with E-state index in [9.17, 15) is 13.2 Å². The fourth-order valence-corrected chi connectivity index (χ4v) is 3.68. The van der Waals surface area contributed by atoms with Crippen molar-refractivity contribution in [2.75, 3.05) is 44.5 Å². The van der Waals surface area contributed by atoms with Crippen LogP contribution in [0.5, 0.6) is 0 Å². The number of methoxy groups -OCH3 is 1. The molecule has 136 valence electrons. The summed E-state index contributed by atoms with van der Waals surface area (Å²) < 4.78 is 31.4. The molecule has 24 heavy (non-hydrogen) atoms. The molecule has 1 unspecified atom stereocenters. The van der Waals surface area contributed by atoms with Gasteiger partial charge >= 0.3 is 0 Å². The molecular formula is C15H26N4O4S. The van der Waals surface area contributed by atoms with Crippen molar-refractivity contribution in [1.29, 1.82) is 0 Å². The maximum Gasteiger partial charge on any atom is 0.243 e. The number of rotatable bonds is 9. The van der Waals surface area contributed by atoms with Crippen LogP contribution in [-0.4, -0.2) is 58.5 Å². The van der Waals surface area contributed by atoms with Crippen molar-refractivity contribution in [3.05, 3.63) is 18.2 Å². The van der Waals surface area contributed by atoms with Gasteiger partial charge in [0.15, 0.2) is 0 Å². The van der Waals surface area contributed by atoms with E-state index >= 15 is 0 Å². The van der Waals surface area contributed by atoms with Gasteiger partial charge in [-0.15, -0.1) is 0 Å². The largest absolute Gasteiger partial charge is 0.386 e. The Morgan fingerprint density at radius 2 is 1.92 bits per heavy atom. The van der Waals surface area contributed by atoms with Gasteiger partial charge in [-0.25, -0.2) is 8.42 Å². The average Bonchev–Trinajstić information content (AvgIpc) is 2.55. The number of ether oxygens (including phenoxy) is 1. The Balaban J connectivity index is 3.19. The fraction of sp³-hybridized carbons (Fsp3) is 0.533. The van der Waals surface area contributed by atoms with Gasteiger partial charge < -0.3 is 21.1 Å². The molecular weight excluding hydrogens is 332 g/mol. The molecule has 0 spiro atoms. The quantitative estimate of drug-likeness (QED) is 0.598. The number of anilines is 2. The molecule has 0 aliphatic heterocycles. The predicted octanol–water partition coefficient (Wildman–Crippen LogP) is 0.671. The summed E-state index contributed by atoms with van der Waals surface area (Å²) in [6.45, 7) is 4.35. The van der Waals surface area contributed by atoms with E-state index in [0.29, 0.717) is 24.5 Å². The molecule has 8 nitrogen and oxygen atoms in total. The first-order chi connectivity index (χ1) is 11.3. The van der Waals surface area contributed by atoms with Gasteiger partial charge in [0.1, 0.15) is 6.04 Å². The van der Waals surface area contributed by atoms with Crippen LogP contribution in [0.1, 0.15) is 13.8 Å². The summed E-state index contributed by atoms with van der Waals surface area (Å²) in [7, 11) is -0.490. The van der Waals surface area contributed by atoms with Gasteiger partial charge in [-0.1, -0.05) is 13.8 Å². The molecule has 1 aromatic carbocycles. The third-order valence-electron chi connectivity index (χ3n) is 3.54. The second-order valence-electron chi connectivity index (χ2n) is 5.10. The SMILES string of the molecule is CCN(CC)S(=O)(=O)c1ccc(NC)c(NC(=O)C(N)COC)c1. The Morgan fingerprint density at radius 1 is 1.29 bits per heavy atom. The number of carbonyl (C=O) groups excluding carboxylic acids is 1. The number of sulfonamides is 1. The lowest BCUT2D eigenvalue weighted by atomic mass is 10.2. The monoisotopic (exact) mass is 358 g/mol. The molecule has 0 saturated heterocycles. The van der Waals surface area contributed by atoms with E-state index in [2.05, 4.69) is 10.6 Å². The molecule has 0 bridgehead atoms. The molecule has 9 heteroatoms. The van der Waals surface area contributed by atoms with E-state index in [1.165, 1.54) is 23.5 Å². The molecule has 1 aromatic rings. The van der Waals surface area contributed by atoms with Crippen molar-refractivity contribution < 1.29 is 17.9 Å². The molecule has 1 rings (SSSR count). The van der Waals surface area contributed by atoms with Crippen LogP contribution in [0.3, 0.4) is 0 Å². The van der Waals surface area contributed by atoms with Crippen LogP contribution in [0.2, 0.25) is 0 Å². The van der Waals surface area contributed by atoms with Crippen LogP contribution in [0.4, 0.5) is 11.4 Å². The minimum Gasteiger partial charge on any atom is -0.386 e. The lowest BCUT2D eigenvalue weighted by molar-refractivity contribution is -0.118. The van der Waals surface area contributed by atoms with E-state index in [1.807, 2.05) is 0 Å². The van der Waals surface area contributed by atoms with Gasteiger partial charge in [0, 0.05) is 27.2 Å². The number of carbonyl (C=O) groups is 1. The van der Waals surface area contributed by atoms with Crippen molar-refractivity contribution in [1.82, 2.24) is 4.31 Å². The summed E-state index contributed by atoms with van der Waals surface area (Å²) in [5.41, 5.74) is 6.64. The van der Waals surface area contributed by atoms with E-state index in [1.54, 1.807) is 27.0 Å². The number of hydrogen-bond acceptors (Lipinski definition) is 6. The Kier molecular flexibility index (Phi) is 7.61. The number of amides is 1. The van der Waals surface area contributed by atoms with Crippen LogP contribution in [-0.2, 0) is 19.6 Å². The van der Waals surface area contributed by atoms with Gasteiger partial charge in [0.2, 0.25) is 15.9 Å². The van der Waals surface area contributed by atoms with Gasteiger partial charge in [0.05, 0.1) is 22.9 Å². The van der Waals surface area contributed by atoms with Crippen molar-refractivity contribution in [2.24, 2.45) is 5.73 Å². The molecule has 0 saturated carbocycles. The topological polar surface area (TPSA) is 114 Å². The third kappa shape index (κ3) is 4.67. The summed E-state index contributed by atoms with van der Waals surface area (Å²) in [6, 6.07) is 3.69. The molecule has 0 aliphatic rings. The molecule has 4 N–H and O–H groups in total. The Labute approximate surface area is 143 Å². The van der Waals surface area contributed by atoms with E-state index in [-0.39, 0.29) is 11.5 Å². The van der Waals surface area contributed by atoms with Gasteiger partial charge in [-0.05, 0) is 18.2 Å². The van der Waals surface area contributed by atoms with Crippen molar-refractivity contribution in [3.8, 4) is 0 Å². The van der Waals surface area contributed by atoms with Crippen molar-refractivity contribution >= 4 is 27.3 Å². The van der Waals surface area contributed by atoms with Crippen LogP contribution in [0, 0.1) is 0 Å². The standard InChI is InChI=1S/C15H26N4O4S/c1-5-19(6-2)24(21,22)11-7-8-13(17-3)14(9-11)18-15(20)12(16)10-23-4/h7-9,12,17H,5-6,10,16H2,1-4H3,(H,18,20). The Morgan fingerprint density at radius 3 is 2.42 bits per heavy atom. The van der Waals surface area contributed by atoms with Crippen LogP contribution < -0.4 is 16.4 Å². The predicted molar refractivity (Wildman–Crippen MR) is 94.6 cm³/mol. The molecule has 0 fully saturated rings. The highest BCUT2D eigenvalue weighted by atomic mass is 32.2. The van der Waals surface area contributed by atoms with Crippen molar-refractivity contribution in [3.63, 3.8) is 0 Å². The van der Waals surface area contributed by atoms with Crippen LogP contribution in [0.25, 0.3) is 0 Å². The highest BCUT2D eigenvalue weighted by Crippen LogP contribution is 2.27. The number of hydrogen-bond donors (Lipinski definition) is 3. The molecule has 0 radical (unpaired) electrons. The average molecular weight is 358 g/mol. The second-order valence-corrected chi connectivity index (χ2v) is 7.04. The number of nitrogens with one attached hydrogen (secondary N) is 2. The van der Waals surface area contributed by atoms with E-state index < -0.39 is 22.0 Å². The number of nitrogens with two attached hydrogens (primary N) is 1. The fourth-order valence-electron chi connectivity index (χ4n) is 2.20. The number of benzene rings is 1. The first kappa shape index (κ1) is 20.4. The molecule has 1 amide bonds. The number of nitrogens with zero attached hydrogens (tertiary/aromatic N) is 1. The van der Waals surface area contributed by atoms with Crippen molar-refractivity contribution in [2.45, 2.75) is 24.8 Å². The zero-order valence-electron chi connectivity index (χ0n) is 14.5. The smallest absolute Gasteiger partial charge is 0.243 e. The molecule has 1 atom stereocenters. The highest BCUT2D eigenvalue weighted by molar-refractivity contribution is 7.89. The highest BCUT2D eigenvalue weighted by Gasteiger charge is 2.23. The zero-order valence-corrected chi connectivity index (χ0v) is 15.3. The van der Waals surface area contributed by atoms with Gasteiger partial charge in [-0.3, -0.25) is 4.79 Å². The third-order valence-corrected chi connectivity index (χ3v) is 5.59. The van der Waals surface area contributed by atoms with Crippen LogP contribution in [0.15, 0.2) is 23.1 Å². The first-order valence-electron chi connectivity index (χ1n) is 7.69. The maximum atomic E-state index is 12.6. The van der Waals surface area contributed by atoms with Crippen LogP contribution >= 0.6 is 0 Å². The summed E-state index contributed by atoms with van der Waals surface area (Å²) in [6.07, 6.45) is 0. The Bertz CT molecular complexity index is 659. The van der Waals surface area contributed by atoms with Gasteiger partial charge in [-0.2, -0.15) is 4.31 Å². The normalized spacial score (nSPS) is 12.9. The maximum absolute atomic E-state index is 12.6. The summed E-state index contributed by atoms with van der Waals surface area (Å²) in [5, 5.41) is 5.56. The second kappa shape index (κ2) is 8.97. The van der Waals surface area contributed by atoms with E-state index in [4.69, 9.17) is 10.5 Å². The Hall–Kier alpha value is -1.68. The van der Waals surface area contributed by atoms with E-state index in [0.717, 1.165) is 0 Å². The lowest BCUT2D eigenvalue weighted by Gasteiger charge is -2.20.